The highest BCUT2D eigenvalue weighted by atomic mass is 19.4. The first-order valence-electron chi connectivity index (χ1n) is 9.60. The number of rotatable bonds is 6. The van der Waals surface area contributed by atoms with Gasteiger partial charge >= 0.3 is 29.9 Å². The van der Waals surface area contributed by atoms with E-state index in [1.807, 2.05) is 5.43 Å². The number of hydrazone groups is 1. The lowest BCUT2D eigenvalue weighted by atomic mass is 10.0. The zero-order valence-corrected chi connectivity index (χ0v) is 17.9. The molecule has 18 heteroatoms. The molecule has 0 radical (unpaired) electrons. The summed E-state index contributed by atoms with van der Waals surface area (Å²) in [4.78, 5) is 19.7. The summed E-state index contributed by atoms with van der Waals surface area (Å²) in [5.41, 5.74) is -7.43. The Morgan fingerprint density at radius 1 is 0.737 bits per heavy atom. The van der Waals surface area contributed by atoms with Crippen molar-refractivity contribution in [1.82, 2.24) is 0 Å². The predicted octanol–water partition coefficient (Wildman–Crippen LogP) is 7.27. The van der Waals surface area contributed by atoms with Crippen molar-refractivity contribution in [2.75, 3.05) is 5.43 Å². The van der Waals surface area contributed by atoms with E-state index >= 15 is 0 Å². The molecule has 0 bridgehead atoms. The Morgan fingerprint density at radius 3 is 1.61 bits per heavy atom. The lowest BCUT2D eigenvalue weighted by molar-refractivity contribution is -0.392. The van der Waals surface area contributed by atoms with Crippen molar-refractivity contribution in [3.8, 4) is 11.3 Å². The molecular weight excluding hydrogens is 547 g/mol. The van der Waals surface area contributed by atoms with E-state index in [-0.39, 0.29) is 24.0 Å². The summed E-state index contributed by atoms with van der Waals surface area (Å²) in [6.45, 7) is 0. The number of nitro groups is 2. The molecule has 0 aliphatic heterocycles. The molecular formula is C20H9F9N4O5. The van der Waals surface area contributed by atoms with Crippen molar-refractivity contribution in [1.29, 1.82) is 0 Å². The highest BCUT2D eigenvalue weighted by Gasteiger charge is 2.38. The number of nitrogens with zero attached hydrogens (tertiary/aromatic N) is 3. The number of nitro benzene ring substituents is 2. The van der Waals surface area contributed by atoms with Gasteiger partial charge in [-0.1, -0.05) is 0 Å². The van der Waals surface area contributed by atoms with Crippen molar-refractivity contribution in [2.45, 2.75) is 18.5 Å². The average molecular weight is 556 g/mol. The van der Waals surface area contributed by atoms with Crippen LogP contribution in [0.4, 0.5) is 56.6 Å². The molecule has 0 fully saturated rings. The summed E-state index contributed by atoms with van der Waals surface area (Å²) < 4.78 is 122. The Morgan fingerprint density at radius 2 is 1.18 bits per heavy atom. The molecule has 3 rings (SSSR count). The van der Waals surface area contributed by atoms with Crippen LogP contribution < -0.4 is 5.43 Å². The molecule has 9 nitrogen and oxygen atoms in total. The van der Waals surface area contributed by atoms with Gasteiger partial charge in [-0.15, -0.1) is 0 Å². The second-order valence-corrected chi connectivity index (χ2v) is 7.27. The normalized spacial score (nSPS) is 12.7. The van der Waals surface area contributed by atoms with E-state index in [0.29, 0.717) is 18.3 Å². The number of furan rings is 1. The number of halogens is 9. The van der Waals surface area contributed by atoms with Gasteiger partial charge in [0.15, 0.2) is 0 Å². The standard InChI is InChI=1S/C20H9F9N4O5/c21-18(22,23)10-3-9(4-11(5-10)19(24,25)26)16-2-1-13(38-16)8-30-31-17-14(32(34)35)6-12(20(27,28)29)7-15(17)33(36)37/h1-8,31H/b30-8+. The third-order valence-corrected chi connectivity index (χ3v) is 4.68. The van der Waals surface area contributed by atoms with Gasteiger partial charge in [0.25, 0.3) is 0 Å². The number of hydrogen-bond acceptors (Lipinski definition) is 7. The van der Waals surface area contributed by atoms with Crippen LogP contribution in [0.1, 0.15) is 22.5 Å². The minimum Gasteiger partial charge on any atom is -0.455 e. The molecule has 0 saturated carbocycles. The van der Waals surface area contributed by atoms with Crippen molar-refractivity contribution in [3.05, 3.63) is 85.1 Å². The number of hydrogen-bond donors (Lipinski definition) is 1. The molecule has 202 valence electrons. The lowest BCUT2D eigenvalue weighted by Crippen LogP contribution is -2.11. The second-order valence-electron chi connectivity index (χ2n) is 7.27. The zero-order valence-electron chi connectivity index (χ0n) is 17.9. The zero-order chi connectivity index (χ0) is 28.6. The summed E-state index contributed by atoms with van der Waals surface area (Å²) in [6.07, 6.45) is -14.7. The Hall–Kier alpha value is -4.64. The van der Waals surface area contributed by atoms with Gasteiger partial charge in [-0.25, -0.2) is 0 Å². The summed E-state index contributed by atoms with van der Waals surface area (Å²) in [6, 6.07) is 2.74. The number of anilines is 1. The van der Waals surface area contributed by atoms with E-state index in [2.05, 4.69) is 5.10 Å². The van der Waals surface area contributed by atoms with Crippen LogP contribution in [0, 0.1) is 20.2 Å². The summed E-state index contributed by atoms with van der Waals surface area (Å²) in [5, 5.41) is 25.8. The highest BCUT2D eigenvalue weighted by molar-refractivity contribution is 5.80. The molecule has 3 aromatic rings. The van der Waals surface area contributed by atoms with Gasteiger partial charge in [0, 0.05) is 17.7 Å². The Labute approximate surface area is 203 Å². The van der Waals surface area contributed by atoms with Gasteiger partial charge in [0.1, 0.15) is 11.5 Å². The van der Waals surface area contributed by atoms with Gasteiger partial charge in [0.05, 0.1) is 32.8 Å². The van der Waals surface area contributed by atoms with E-state index in [1.165, 1.54) is 0 Å². The molecule has 1 heterocycles. The summed E-state index contributed by atoms with van der Waals surface area (Å²) in [7, 11) is 0. The van der Waals surface area contributed by atoms with Gasteiger partial charge in [0.2, 0.25) is 5.69 Å². The number of alkyl halides is 9. The molecule has 0 atom stereocenters. The van der Waals surface area contributed by atoms with Crippen LogP contribution in [0.25, 0.3) is 11.3 Å². The largest absolute Gasteiger partial charge is 0.455 e. The van der Waals surface area contributed by atoms with Crippen LogP contribution in [0.2, 0.25) is 0 Å². The maximum Gasteiger partial charge on any atom is 0.416 e. The lowest BCUT2D eigenvalue weighted by Gasteiger charge is -2.13. The maximum atomic E-state index is 13.1. The molecule has 0 aliphatic rings. The molecule has 0 aliphatic carbocycles. The Kier molecular flexibility index (Phi) is 7.11. The van der Waals surface area contributed by atoms with E-state index in [4.69, 9.17) is 4.42 Å². The third-order valence-electron chi connectivity index (χ3n) is 4.68. The smallest absolute Gasteiger partial charge is 0.416 e. The average Bonchev–Trinajstić information content (AvgIpc) is 3.25. The molecule has 0 amide bonds. The fourth-order valence-corrected chi connectivity index (χ4v) is 3.01. The van der Waals surface area contributed by atoms with Crippen LogP contribution in [0.5, 0.6) is 0 Å². The van der Waals surface area contributed by atoms with Crippen LogP contribution in [0.15, 0.2) is 52.0 Å². The fourth-order valence-electron chi connectivity index (χ4n) is 3.01. The SMILES string of the molecule is O=[N+]([O-])c1cc(C(F)(F)F)cc([N+](=O)[O-])c1N/N=C/c1ccc(-c2cc(C(F)(F)F)cc(C(F)(F)F)c2)o1. The molecule has 0 unspecified atom stereocenters. The first kappa shape index (κ1) is 27.9. The number of nitrogens with one attached hydrogen (secondary N) is 1. The van der Waals surface area contributed by atoms with E-state index in [1.54, 1.807) is 0 Å². The van der Waals surface area contributed by atoms with Crippen LogP contribution >= 0.6 is 0 Å². The molecule has 2 aromatic carbocycles. The van der Waals surface area contributed by atoms with Gasteiger partial charge in [-0.2, -0.15) is 44.6 Å². The predicted molar refractivity (Wildman–Crippen MR) is 110 cm³/mol. The third kappa shape index (κ3) is 6.19. The first-order chi connectivity index (χ1) is 17.4. The van der Waals surface area contributed by atoms with E-state index in [9.17, 15) is 59.7 Å². The Bertz CT molecular complexity index is 1360. The van der Waals surface area contributed by atoms with Gasteiger partial charge in [-0.05, 0) is 30.3 Å². The molecule has 1 aromatic heterocycles. The minimum absolute atomic E-state index is 0.0295. The van der Waals surface area contributed by atoms with Crippen LogP contribution in [-0.4, -0.2) is 16.1 Å². The quantitative estimate of drug-likeness (QED) is 0.147. The fraction of sp³-hybridized carbons (Fsp3) is 0.150. The summed E-state index contributed by atoms with van der Waals surface area (Å²) in [5.74, 6) is -0.828. The van der Waals surface area contributed by atoms with Crippen molar-refractivity contribution >= 4 is 23.3 Å². The van der Waals surface area contributed by atoms with Crippen LogP contribution in [0.3, 0.4) is 0 Å². The molecule has 0 spiro atoms. The monoisotopic (exact) mass is 556 g/mol. The maximum absolute atomic E-state index is 13.1. The van der Waals surface area contributed by atoms with Crippen molar-refractivity contribution < 1.29 is 53.8 Å². The summed E-state index contributed by atoms with van der Waals surface area (Å²) >= 11 is 0. The molecule has 0 saturated heterocycles. The van der Waals surface area contributed by atoms with E-state index < -0.39 is 73.5 Å². The Balaban J connectivity index is 1.97. The van der Waals surface area contributed by atoms with Gasteiger partial charge < -0.3 is 4.42 Å². The highest BCUT2D eigenvalue weighted by Crippen LogP contribution is 2.42. The van der Waals surface area contributed by atoms with Crippen molar-refractivity contribution in [2.24, 2.45) is 5.10 Å². The van der Waals surface area contributed by atoms with Crippen LogP contribution in [-0.2, 0) is 18.5 Å². The van der Waals surface area contributed by atoms with E-state index in [0.717, 1.165) is 12.1 Å². The molecule has 38 heavy (non-hydrogen) atoms. The molecule has 1 N–H and O–H groups in total. The van der Waals surface area contributed by atoms with Crippen molar-refractivity contribution in [3.63, 3.8) is 0 Å². The first-order valence-corrected chi connectivity index (χ1v) is 9.60. The second kappa shape index (κ2) is 9.67. The minimum atomic E-state index is -5.16. The van der Waals surface area contributed by atoms with Gasteiger partial charge in [-0.3, -0.25) is 25.7 Å². The topological polar surface area (TPSA) is 124 Å². The number of benzene rings is 2.